The van der Waals surface area contributed by atoms with Crippen LogP contribution in [0.2, 0.25) is 0 Å². The van der Waals surface area contributed by atoms with Crippen LogP contribution >= 0.6 is 0 Å². The van der Waals surface area contributed by atoms with Gasteiger partial charge in [0.25, 0.3) is 0 Å². The van der Waals surface area contributed by atoms with E-state index in [1.807, 2.05) is 25.2 Å². The topological polar surface area (TPSA) is 48.0 Å². The van der Waals surface area contributed by atoms with E-state index in [9.17, 15) is 4.79 Å². The van der Waals surface area contributed by atoms with Crippen LogP contribution < -0.4 is 9.47 Å². The summed E-state index contributed by atoms with van der Waals surface area (Å²) >= 11 is 0. The number of methoxy groups -OCH3 is 2. The van der Waals surface area contributed by atoms with Gasteiger partial charge in [-0.2, -0.15) is 0 Å². The number of amides is 1. The highest BCUT2D eigenvalue weighted by Gasteiger charge is 2.19. The molecule has 2 rings (SSSR count). The number of carbonyl (C=O) groups excluding carboxylic acids is 1. The summed E-state index contributed by atoms with van der Waals surface area (Å²) in [5, 5.41) is 0. The quantitative estimate of drug-likeness (QED) is 0.775. The average molecular weight is 307 g/mol. The van der Waals surface area contributed by atoms with Crippen LogP contribution in [0.3, 0.4) is 0 Å². The van der Waals surface area contributed by atoms with Crippen molar-refractivity contribution in [3.05, 3.63) is 23.8 Å². The van der Waals surface area contributed by atoms with E-state index in [1.165, 1.54) is 0 Å². The normalized spacial score (nSPS) is 17.3. The monoisotopic (exact) mass is 307 g/mol. The van der Waals surface area contributed by atoms with E-state index >= 15 is 0 Å². The smallest absolute Gasteiger partial charge is 0.222 e. The van der Waals surface area contributed by atoms with Gasteiger partial charge < -0.3 is 19.1 Å². The molecule has 0 bridgehead atoms. The van der Waals surface area contributed by atoms with E-state index in [-0.39, 0.29) is 12.0 Å². The predicted molar refractivity (Wildman–Crippen MR) is 84.5 cm³/mol. The molecule has 1 aliphatic heterocycles. The molecule has 22 heavy (non-hydrogen) atoms. The first-order valence-electron chi connectivity index (χ1n) is 7.70. The number of likely N-dealkylation sites (N-methyl/N-ethyl adjacent to an activating group) is 1. The summed E-state index contributed by atoms with van der Waals surface area (Å²) in [6.07, 6.45) is 3.52. The van der Waals surface area contributed by atoms with Crippen molar-refractivity contribution in [3.63, 3.8) is 0 Å². The summed E-state index contributed by atoms with van der Waals surface area (Å²) in [4.78, 5) is 14.0. The van der Waals surface area contributed by atoms with E-state index in [0.717, 1.165) is 25.0 Å². The third-order valence-electron chi connectivity index (χ3n) is 4.00. The maximum absolute atomic E-state index is 12.2. The Morgan fingerprint density at radius 2 is 2.09 bits per heavy atom. The van der Waals surface area contributed by atoms with Crippen molar-refractivity contribution in [3.8, 4) is 11.5 Å². The Labute approximate surface area is 132 Å². The molecule has 0 saturated carbocycles. The summed E-state index contributed by atoms with van der Waals surface area (Å²) in [7, 11) is 5.07. The first-order valence-corrected chi connectivity index (χ1v) is 7.70. The fraction of sp³-hybridized carbons (Fsp3) is 0.588. The molecular weight excluding hydrogens is 282 g/mol. The lowest BCUT2D eigenvalue weighted by molar-refractivity contribution is -0.131. The van der Waals surface area contributed by atoms with Gasteiger partial charge in [0.2, 0.25) is 5.91 Å². The molecule has 1 heterocycles. The van der Waals surface area contributed by atoms with Gasteiger partial charge in [0.15, 0.2) is 11.5 Å². The predicted octanol–water partition coefficient (Wildman–Crippen LogP) is 2.27. The molecule has 122 valence electrons. The third-order valence-corrected chi connectivity index (χ3v) is 4.00. The minimum Gasteiger partial charge on any atom is -0.493 e. The van der Waals surface area contributed by atoms with E-state index in [0.29, 0.717) is 30.9 Å². The Kier molecular flexibility index (Phi) is 6.07. The van der Waals surface area contributed by atoms with Crippen LogP contribution in [0.15, 0.2) is 18.2 Å². The van der Waals surface area contributed by atoms with Crippen molar-refractivity contribution in [2.75, 3.05) is 34.4 Å². The highest BCUT2D eigenvalue weighted by Crippen LogP contribution is 2.28. The Morgan fingerprint density at radius 3 is 2.73 bits per heavy atom. The number of benzene rings is 1. The Morgan fingerprint density at radius 1 is 1.32 bits per heavy atom. The van der Waals surface area contributed by atoms with Crippen molar-refractivity contribution in [2.45, 2.75) is 31.8 Å². The van der Waals surface area contributed by atoms with Crippen LogP contribution in [0.25, 0.3) is 0 Å². The maximum atomic E-state index is 12.2. The number of hydrogen-bond acceptors (Lipinski definition) is 4. The zero-order valence-corrected chi connectivity index (χ0v) is 13.6. The molecule has 5 nitrogen and oxygen atoms in total. The lowest BCUT2D eigenvalue weighted by atomic mass is 10.1. The van der Waals surface area contributed by atoms with Crippen LogP contribution in [0.4, 0.5) is 0 Å². The second-order valence-corrected chi connectivity index (χ2v) is 5.60. The van der Waals surface area contributed by atoms with Crippen LogP contribution in [0.5, 0.6) is 11.5 Å². The van der Waals surface area contributed by atoms with E-state index in [2.05, 4.69) is 0 Å². The molecule has 1 saturated heterocycles. The standard InChI is InChI=1S/C17H25NO4/c1-18(12-14-5-4-10-22-14)17(19)9-7-13-6-8-15(20-2)16(11-13)21-3/h6,8,11,14H,4-5,7,9-10,12H2,1-3H3. The Hall–Kier alpha value is -1.75. The van der Waals surface area contributed by atoms with Gasteiger partial charge in [0.05, 0.1) is 20.3 Å². The first kappa shape index (κ1) is 16.6. The Bertz CT molecular complexity index is 497. The minimum absolute atomic E-state index is 0.144. The molecule has 0 N–H and O–H groups in total. The molecule has 1 aromatic carbocycles. The molecule has 1 aliphatic rings. The molecule has 0 spiro atoms. The SMILES string of the molecule is COc1ccc(CCC(=O)N(C)CC2CCCO2)cc1OC. The van der Waals surface area contributed by atoms with Gasteiger partial charge in [0, 0.05) is 26.6 Å². The molecule has 1 atom stereocenters. The van der Waals surface area contributed by atoms with Gasteiger partial charge >= 0.3 is 0 Å². The van der Waals surface area contributed by atoms with Gasteiger partial charge in [-0.15, -0.1) is 0 Å². The summed E-state index contributed by atoms with van der Waals surface area (Å²) in [6, 6.07) is 5.76. The molecule has 1 aromatic rings. The number of hydrogen-bond donors (Lipinski definition) is 0. The van der Waals surface area contributed by atoms with Gasteiger partial charge in [-0.25, -0.2) is 0 Å². The molecule has 1 fully saturated rings. The van der Waals surface area contributed by atoms with Gasteiger partial charge in [-0.3, -0.25) is 4.79 Å². The minimum atomic E-state index is 0.144. The highest BCUT2D eigenvalue weighted by molar-refractivity contribution is 5.76. The van der Waals surface area contributed by atoms with Crippen molar-refractivity contribution >= 4 is 5.91 Å². The van der Waals surface area contributed by atoms with Gasteiger partial charge in [-0.1, -0.05) is 6.07 Å². The van der Waals surface area contributed by atoms with Gasteiger partial charge in [-0.05, 0) is 37.0 Å². The van der Waals surface area contributed by atoms with Gasteiger partial charge in [0.1, 0.15) is 0 Å². The van der Waals surface area contributed by atoms with Crippen molar-refractivity contribution in [1.29, 1.82) is 0 Å². The lowest BCUT2D eigenvalue weighted by Gasteiger charge is -2.21. The van der Waals surface area contributed by atoms with Crippen LogP contribution in [-0.4, -0.2) is 51.3 Å². The summed E-state index contributed by atoms with van der Waals surface area (Å²) in [5.74, 6) is 1.54. The van der Waals surface area contributed by atoms with Crippen LogP contribution in [-0.2, 0) is 16.0 Å². The van der Waals surface area contributed by atoms with Crippen molar-refractivity contribution < 1.29 is 19.0 Å². The molecule has 0 aromatic heterocycles. The summed E-state index contributed by atoms with van der Waals surface area (Å²) in [6.45, 7) is 1.50. The molecular formula is C17H25NO4. The van der Waals surface area contributed by atoms with E-state index < -0.39 is 0 Å². The van der Waals surface area contributed by atoms with Crippen molar-refractivity contribution in [2.24, 2.45) is 0 Å². The largest absolute Gasteiger partial charge is 0.493 e. The summed E-state index contributed by atoms with van der Waals surface area (Å²) in [5.41, 5.74) is 1.07. The third kappa shape index (κ3) is 4.37. The fourth-order valence-electron chi connectivity index (χ4n) is 2.67. The second kappa shape index (κ2) is 8.03. The van der Waals surface area contributed by atoms with E-state index in [4.69, 9.17) is 14.2 Å². The summed E-state index contributed by atoms with van der Waals surface area (Å²) < 4.78 is 16.1. The molecule has 0 radical (unpaired) electrons. The van der Waals surface area contributed by atoms with Crippen LogP contribution in [0, 0.1) is 0 Å². The molecule has 5 heteroatoms. The number of ether oxygens (including phenoxy) is 3. The Balaban J connectivity index is 1.84. The number of rotatable bonds is 7. The second-order valence-electron chi connectivity index (χ2n) is 5.60. The number of nitrogens with zero attached hydrogens (tertiary/aromatic N) is 1. The molecule has 0 aliphatic carbocycles. The van der Waals surface area contributed by atoms with Crippen LogP contribution in [0.1, 0.15) is 24.8 Å². The molecule has 1 unspecified atom stereocenters. The highest BCUT2D eigenvalue weighted by atomic mass is 16.5. The molecule has 1 amide bonds. The van der Waals surface area contributed by atoms with E-state index in [1.54, 1.807) is 19.1 Å². The number of carbonyl (C=O) groups is 1. The zero-order valence-electron chi connectivity index (χ0n) is 13.6. The van der Waals surface area contributed by atoms with Crippen molar-refractivity contribution in [1.82, 2.24) is 4.90 Å². The fourth-order valence-corrected chi connectivity index (χ4v) is 2.67. The average Bonchev–Trinajstić information content (AvgIpc) is 3.05. The first-order chi connectivity index (χ1) is 10.6. The lowest BCUT2D eigenvalue weighted by Crippen LogP contribution is -2.34. The maximum Gasteiger partial charge on any atom is 0.222 e. The zero-order chi connectivity index (χ0) is 15.9. The number of aryl methyl sites for hydroxylation is 1.